The number of imidazole rings is 1. The fourth-order valence-electron chi connectivity index (χ4n) is 3.41. The predicted octanol–water partition coefficient (Wildman–Crippen LogP) is 2.80. The van der Waals surface area contributed by atoms with E-state index in [1.807, 2.05) is 39.8 Å². The van der Waals surface area contributed by atoms with Crippen molar-refractivity contribution < 1.29 is 14.3 Å². The van der Waals surface area contributed by atoms with Gasteiger partial charge in [-0.3, -0.25) is 4.79 Å². The summed E-state index contributed by atoms with van der Waals surface area (Å²) in [4.78, 5) is 31.0. The molecule has 1 aromatic heterocycles. The maximum absolute atomic E-state index is 13.3. The average molecular weight is 361 g/mol. The summed E-state index contributed by atoms with van der Waals surface area (Å²) in [6.45, 7) is 1.06. The van der Waals surface area contributed by atoms with Gasteiger partial charge < -0.3 is 14.2 Å². The van der Waals surface area contributed by atoms with E-state index in [1.54, 1.807) is 36.8 Å². The summed E-state index contributed by atoms with van der Waals surface area (Å²) >= 11 is 0. The molecule has 6 heteroatoms. The highest BCUT2D eigenvalue weighted by Gasteiger charge is 2.34. The van der Waals surface area contributed by atoms with E-state index in [-0.39, 0.29) is 5.91 Å². The van der Waals surface area contributed by atoms with Crippen LogP contribution in [-0.4, -0.2) is 33.4 Å². The molecule has 1 aliphatic rings. The molecular formula is C21H19N3O3. The Bertz CT molecular complexity index is 964. The number of fused-ring (bicyclic) bond motifs is 1. The van der Waals surface area contributed by atoms with Gasteiger partial charge in [0, 0.05) is 12.7 Å². The van der Waals surface area contributed by atoms with Crippen LogP contribution in [-0.2, 0) is 22.6 Å². The minimum Gasteiger partial charge on any atom is -0.465 e. The van der Waals surface area contributed by atoms with Gasteiger partial charge in [0.15, 0.2) is 0 Å². The van der Waals surface area contributed by atoms with Gasteiger partial charge in [0.25, 0.3) is 5.91 Å². The van der Waals surface area contributed by atoms with Crippen LogP contribution in [0.1, 0.15) is 33.2 Å². The van der Waals surface area contributed by atoms with E-state index in [9.17, 15) is 9.59 Å². The smallest absolute Gasteiger partial charge is 0.337 e. The molecule has 4 rings (SSSR count). The van der Waals surface area contributed by atoms with Crippen molar-refractivity contribution in [3.8, 4) is 0 Å². The SMILES string of the molecule is COC(=O)c1ccc(C2C(=O)N(Cc3ccccc3)Cc3cncn32)cc1. The number of esters is 1. The molecule has 2 heterocycles. The lowest BCUT2D eigenvalue weighted by molar-refractivity contribution is -0.136. The van der Waals surface area contributed by atoms with Crippen LogP contribution in [0.15, 0.2) is 67.1 Å². The molecule has 1 amide bonds. The fraction of sp³-hybridized carbons (Fsp3) is 0.190. The quantitative estimate of drug-likeness (QED) is 0.671. The summed E-state index contributed by atoms with van der Waals surface area (Å²) in [6.07, 6.45) is 3.48. The maximum Gasteiger partial charge on any atom is 0.337 e. The second kappa shape index (κ2) is 7.07. The Hall–Kier alpha value is -3.41. The number of carbonyl (C=O) groups excluding carboxylic acids is 2. The van der Waals surface area contributed by atoms with Crippen LogP contribution in [0.2, 0.25) is 0 Å². The zero-order valence-corrected chi connectivity index (χ0v) is 14.9. The molecule has 0 radical (unpaired) electrons. The van der Waals surface area contributed by atoms with Gasteiger partial charge in [0.2, 0.25) is 0 Å². The third kappa shape index (κ3) is 3.21. The molecule has 0 bridgehead atoms. The molecule has 0 N–H and O–H groups in total. The summed E-state index contributed by atoms with van der Waals surface area (Å²) < 4.78 is 6.64. The summed E-state index contributed by atoms with van der Waals surface area (Å²) in [7, 11) is 1.35. The van der Waals surface area contributed by atoms with Crippen molar-refractivity contribution in [1.82, 2.24) is 14.5 Å². The summed E-state index contributed by atoms with van der Waals surface area (Å²) in [5.41, 5.74) is 3.33. The highest BCUT2D eigenvalue weighted by Crippen LogP contribution is 2.29. The number of benzene rings is 2. The molecule has 0 aliphatic carbocycles. The van der Waals surface area contributed by atoms with Gasteiger partial charge in [-0.05, 0) is 23.3 Å². The Morgan fingerprint density at radius 1 is 1.15 bits per heavy atom. The van der Waals surface area contributed by atoms with Crippen molar-refractivity contribution in [3.05, 3.63) is 89.5 Å². The first kappa shape index (κ1) is 17.0. The number of hydrogen-bond donors (Lipinski definition) is 0. The number of amides is 1. The van der Waals surface area contributed by atoms with Crippen LogP contribution in [0.25, 0.3) is 0 Å². The van der Waals surface area contributed by atoms with E-state index in [4.69, 9.17) is 4.74 Å². The summed E-state index contributed by atoms with van der Waals surface area (Å²) in [5, 5.41) is 0. The first-order valence-electron chi connectivity index (χ1n) is 8.69. The largest absolute Gasteiger partial charge is 0.465 e. The Morgan fingerprint density at radius 2 is 1.89 bits per heavy atom. The molecular weight excluding hydrogens is 342 g/mol. The van der Waals surface area contributed by atoms with E-state index in [1.165, 1.54) is 7.11 Å². The van der Waals surface area contributed by atoms with Crippen LogP contribution in [0.4, 0.5) is 0 Å². The zero-order chi connectivity index (χ0) is 18.8. The fourth-order valence-corrected chi connectivity index (χ4v) is 3.41. The van der Waals surface area contributed by atoms with Crippen LogP contribution in [0, 0.1) is 0 Å². The number of nitrogens with zero attached hydrogens (tertiary/aromatic N) is 3. The molecule has 0 spiro atoms. The van der Waals surface area contributed by atoms with Gasteiger partial charge in [0.05, 0.1) is 31.2 Å². The zero-order valence-electron chi connectivity index (χ0n) is 14.9. The van der Waals surface area contributed by atoms with Gasteiger partial charge in [-0.15, -0.1) is 0 Å². The Balaban J connectivity index is 1.67. The molecule has 27 heavy (non-hydrogen) atoms. The number of hydrogen-bond acceptors (Lipinski definition) is 4. The lowest BCUT2D eigenvalue weighted by Gasteiger charge is -2.34. The van der Waals surface area contributed by atoms with E-state index in [2.05, 4.69) is 4.98 Å². The summed E-state index contributed by atoms with van der Waals surface area (Å²) in [6, 6.07) is 16.4. The van der Waals surface area contributed by atoms with Crippen molar-refractivity contribution in [2.75, 3.05) is 7.11 Å². The van der Waals surface area contributed by atoms with Gasteiger partial charge >= 0.3 is 5.97 Å². The number of rotatable bonds is 4. The van der Waals surface area contributed by atoms with Crippen molar-refractivity contribution >= 4 is 11.9 Å². The van der Waals surface area contributed by atoms with E-state index >= 15 is 0 Å². The number of methoxy groups -OCH3 is 1. The normalized spacial score (nSPS) is 16.1. The van der Waals surface area contributed by atoms with Gasteiger partial charge in [-0.1, -0.05) is 42.5 Å². The van der Waals surface area contributed by atoms with E-state index in [0.717, 1.165) is 16.8 Å². The van der Waals surface area contributed by atoms with Gasteiger partial charge in [0.1, 0.15) is 6.04 Å². The second-order valence-electron chi connectivity index (χ2n) is 6.49. The molecule has 2 aromatic carbocycles. The molecule has 1 unspecified atom stereocenters. The highest BCUT2D eigenvalue weighted by atomic mass is 16.5. The van der Waals surface area contributed by atoms with Crippen LogP contribution < -0.4 is 0 Å². The maximum atomic E-state index is 13.3. The Morgan fingerprint density at radius 3 is 2.59 bits per heavy atom. The third-order valence-corrected chi connectivity index (χ3v) is 4.79. The molecule has 0 saturated heterocycles. The topological polar surface area (TPSA) is 64.4 Å². The standard InChI is InChI=1S/C21H19N3O3/c1-27-21(26)17-9-7-16(8-10-17)19-20(25)23(12-15-5-3-2-4-6-15)13-18-11-22-14-24(18)19/h2-11,14,19H,12-13H2,1H3. The molecule has 136 valence electrons. The van der Waals surface area contributed by atoms with Crippen LogP contribution in [0.5, 0.6) is 0 Å². The Labute approximate surface area is 157 Å². The average Bonchev–Trinajstić information content (AvgIpc) is 3.17. The predicted molar refractivity (Wildman–Crippen MR) is 98.8 cm³/mol. The second-order valence-corrected chi connectivity index (χ2v) is 6.49. The minimum atomic E-state index is -0.494. The van der Waals surface area contributed by atoms with Crippen LogP contribution in [0.3, 0.4) is 0 Å². The monoisotopic (exact) mass is 361 g/mol. The number of ether oxygens (including phenoxy) is 1. The van der Waals surface area contributed by atoms with E-state index in [0.29, 0.717) is 18.7 Å². The van der Waals surface area contributed by atoms with Crippen molar-refractivity contribution in [2.24, 2.45) is 0 Å². The van der Waals surface area contributed by atoms with Gasteiger partial charge in [-0.25, -0.2) is 9.78 Å². The molecule has 0 saturated carbocycles. The van der Waals surface area contributed by atoms with Crippen LogP contribution >= 0.6 is 0 Å². The molecule has 1 atom stereocenters. The number of carbonyl (C=O) groups is 2. The Kier molecular flexibility index (Phi) is 4.46. The first-order chi connectivity index (χ1) is 13.2. The number of aromatic nitrogens is 2. The summed E-state index contributed by atoms with van der Waals surface area (Å²) in [5.74, 6) is -0.388. The van der Waals surface area contributed by atoms with Crippen molar-refractivity contribution in [2.45, 2.75) is 19.1 Å². The first-order valence-corrected chi connectivity index (χ1v) is 8.69. The lowest BCUT2D eigenvalue weighted by atomic mass is 10.0. The van der Waals surface area contributed by atoms with Crippen molar-refractivity contribution in [3.63, 3.8) is 0 Å². The lowest BCUT2D eigenvalue weighted by Crippen LogP contribution is -2.42. The molecule has 6 nitrogen and oxygen atoms in total. The minimum absolute atomic E-state index is 0.00942. The highest BCUT2D eigenvalue weighted by molar-refractivity contribution is 5.90. The molecule has 3 aromatic rings. The van der Waals surface area contributed by atoms with E-state index < -0.39 is 12.0 Å². The van der Waals surface area contributed by atoms with Gasteiger partial charge in [-0.2, -0.15) is 0 Å². The molecule has 1 aliphatic heterocycles. The van der Waals surface area contributed by atoms with Crippen molar-refractivity contribution in [1.29, 1.82) is 0 Å². The molecule has 0 fully saturated rings. The third-order valence-electron chi connectivity index (χ3n) is 4.79.